The van der Waals surface area contributed by atoms with E-state index in [-0.39, 0.29) is 5.92 Å². The van der Waals surface area contributed by atoms with E-state index in [4.69, 9.17) is 15.8 Å². The maximum atomic E-state index is 13.9. The molecule has 8 nitrogen and oxygen atoms in total. The number of carbonyl (C=O) groups is 1. The molecular formula is C22H20BrFN6O2S. The number of hydrogen-bond acceptors (Lipinski definition) is 7. The van der Waals surface area contributed by atoms with E-state index in [9.17, 15) is 9.18 Å². The van der Waals surface area contributed by atoms with E-state index in [1.807, 2.05) is 17.5 Å². The van der Waals surface area contributed by atoms with Crippen molar-refractivity contribution in [3.8, 4) is 21.8 Å². The Morgan fingerprint density at radius 3 is 2.67 bits per heavy atom. The predicted molar refractivity (Wildman–Crippen MR) is 127 cm³/mol. The Morgan fingerprint density at radius 1 is 1.24 bits per heavy atom. The summed E-state index contributed by atoms with van der Waals surface area (Å²) < 4.78 is 16.2. The molecule has 33 heavy (non-hydrogen) atoms. The first kappa shape index (κ1) is 21.9. The van der Waals surface area contributed by atoms with Crippen LogP contribution in [0.3, 0.4) is 0 Å². The molecule has 0 bridgehead atoms. The number of alkyl halides is 1. The van der Waals surface area contributed by atoms with Crippen LogP contribution in [0.15, 0.2) is 40.6 Å². The fourth-order valence-electron chi connectivity index (χ4n) is 4.40. The van der Waals surface area contributed by atoms with Crippen molar-refractivity contribution in [2.45, 2.75) is 37.8 Å². The van der Waals surface area contributed by atoms with Crippen LogP contribution < -0.4 is 5.73 Å². The van der Waals surface area contributed by atoms with Crippen molar-refractivity contribution in [1.29, 1.82) is 0 Å². The summed E-state index contributed by atoms with van der Waals surface area (Å²) in [5.74, 6) is -1.37. The van der Waals surface area contributed by atoms with Crippen molar-refractivity contribution in [1.82, 2.24) is 24.6 Å². The Morgan fingerprint density at radius 2 is 2.03 bits per heavy atom. The second-order valence-electron chi connectivity index (χ2n) is 8.11. The number of nitrogen functional groups attached to an aromatic ring is 1. The van der Waals surface area contributed by atoms with E-state index in [2.05, 4.69) is 31.0 Å². The number of nitrogens with two attached hydrogens (primary N) is 1. The normalized spacial score (nSPS) is 19.6. The minimum Gasteiger partial charge on any atom is -0.479 e. The highest BCUT2D eigenvalue weighted by Gasteiger charge is 2.34. The van der Waals surface area contributed by atoms with Gasteiger partial charge in [-0.1, -0.05) is 6.07 Å². The number of halogens is 2. The van der Waals surface area contributed by atoms with Crippen molar-refractivity contribution in [2.75, 3.05) is 5.73 Å². The number of thiazole rings is 1. The van der Waals surface area contributed by atoms with Crippen molar-refractivity contribution < 1.29 is 14.3 Å². The van der Waals surface area contributed by atoms with E-state index in [1.165, 1.54) is 11.3 Å². The molecule has 0 spiro atoms. The Bertz CT molecular complexity index is 1300. The zero-order valence-corrected chi connectivity index (χ0v) is 19.8. The molecule has 0 amide bonds. The molecule has 0 radical (unpaired) electrons. The summed E-state index contributed by atoms with van der Waals surface area (Å²) in [4.78, 5) is 24.7. The van der Waals surface area contributed by atoms with Gasteiger partial charge in [-0.25, -0.2) is 19.2 Å². The molecule has 4 aromatic heterocycles. The van der Waals surface area contributed by atoms with Gasteiger partial charge in [-0.3, -0.25) is 4.98 Å². The molecule has 3 N–H and O–H groups in total. The maximum absolute atomic E-state index is 13.9. The number of nitrogens with zero attached hydrogens (tertiary/aromatic N) is 5. The SMILES string of the molecule is Nc1c(Br)c(C2CCC(C(F)C(=O)O)CC2)nc2c(-c3ccc(-c4nccs4)nc3)cnn12. The standard InChI is InChI=1S/C22H20BrFN6O2S/c23-16-18(12-3-1-11(2-4-12)17(24)22(31)32)29-20-14(10-28-30(20)19(16)25)13-5-6-15(27-9-13)21-26-7-8-33-21/h5-12,17H,1-4,25H2,(H,31,32). The van der Waals surface area contributed by atoms with Crippen LogP contribution in [-0.2, 0) is 4.79 Å². The summed E-state index contributed by atoms with van der Waals surface area (Å²) in [7, 11) is 0. The van der Waals surface area contributed by atoms with Crippen LogP contribution in [-0.4, -0.2) is 41.8 Å². The lowest BCUT2D eigenvalue weighted by Gasteiger charge is -2.29. The molecule has 4 aromatic rings. The van der Waals surface area contributed by atoms with Gasteiger partial charge in [-0.2, -0.15) is 9.61 Å². The molecular weight excluding hydrogens is 511 g/mol. The molecule has 1 unspecified atom stereocenters. The van der Waals surface area contributed by atoms with Gasteiger partial charge in [0.1, 0.15) is 10.8 Å². The highest BCUT2D eigenvalue weighted by Crippen LogP contribution is 2.41. The average Bonchev–Trinajstić information content (AvgIpc) is 3.51. The summed E-state index contributed by atoms with van der Waals surface area (Å²) in [6.45, 7) is 0. The smallest absolute Gasteiger partial charge is 0.338 e. The second-order valence-corrected chi connectivity index (χ2v) is 9.80. The largest absolute Gasteiger partial charge is 0.479 e. The molecule has 0 aromatic carbocycles. The Hall–Kier alpha value is -2.92. The zero-order valence-electron chi connectivity index (χ0n) is 17.4. The van der Waals surface area contributed by atoms with Gasteiger partial charge >= 0.3 is 5.97 Å². The number of rotatable bonds is 5. The van der Waals surface area contributed by atoms with Gasteiger partial charge < -0.3 is 10.8 Å². The van der Waals surface area contributed by atoms with Crippen molar-refractivity contribution in [3.63, 3.8) is 0 Å². The zero-order chi connectivity index (χ0) is 23.1. The van der Waals surface area contributed by atoms with Crippen molar-refractivity contribution in [3.05, 3.63) is 46.3 Å². The first-order valence-electron chi connectivity index (χ1n) is 10.5. The topological polar surface area (TPSA) is 119 Å². The van der Waals surface area contributed by atoms with Gasteiger partial charge in [0.15, 0.2) is 11.8 Å². The van der Waals surface area contributed by atoms with Crippen LogP contribution in [0.25, 0.3) is 27.5 Å². The highest BCUT2D eigenvalue weighted by atomic mass is 79.9. The first-order valence-corrected chi connectivity index (χ1v) is 12.2. The third-order valence-corrected chi connectivity index (χ3v) is 7.79. The van der Waals surface area contributed by atoms with Gasteiger partial charge in [0.05, 0.1) is 22.1 Å². The number of pyridine rings is 1. The monoisotopic (exact) mass is 530 g/mol. The van der Waals surface area contributed by atoms with E-state index in [0.29, 0.717) is 41.6 Å². The van der Waals surface area contributed by atoms with Crippen LogP contribution in [0, 0.1) is 5.92 Å². The highest BCUT2D eigenvalue weighted by molar-refractivity contribution is 9.10. The van der Waals surface area contributed by atoms with Crippen molar-refractivity contribution in [2.24, 2.45) is 5.92 Å². The number of anilines is 1. The van der Waals surface area contributed by atoms with Crippen molar-refractivity contribution >= 4 is 44.7 Å². The maximum Gasteiger partial charge on any atom is 0.338 e. The van der Waals surface area contributed by atoms with Gasteiger partial charge in [0.2, 0.25) is 0 Å². The summed E-state index contributed by atoms with van der Waals surface area (Å²) in [6, 6.07) is 3.87. The fraction of sp³-hybridized carbons (Fsp3) is 0.318. The summed E-state index contributed by atoms with van der Waals surface area (Å²) >= 11 is 5.09. The Kier molecular flexibility index (Phi) is 5.83. The molecule has 1 aliphatic carbocycles. The minimum atomic E-state index is -1.82. The van der Waals surface area contributed by atoms with E-state index in [0.717, 1.165) is 27.5 Å². The second kappa shape index (κ2) is 8.79. The predicted octanol–water partition coefficient (Wildman–Crippen LogP) is 4.96. The van der Waals surface area contributed by atoms with E-state index >= 15 is 0 Å². The molecule has 11 heteroatoms. The minimum absolute atomic E-state index is 0.0528. The number of aromatic nitrogens is 5. The van der Waals surface area contributed by atoms with Crippen LogP contribution in [0.4, 0.5) is 10.2 Å². The molecule has 1 saturated carbocycles. The van der Waals surface area contributed by atoms with Crippen LogP contribution in [0.5, 0.6) is 0 Å². The van der Waals surface area contributed by atoms with Crippen LogP contribution in [0.2, 0.25) is 0 Å². The average molecular weight is 531 g/mol. The molecule has 0 aliphatic heterocycles. The molecule has 0 saturated heterocycles. The molecule has 5 rings (SSSR count). The third-order valence-electron chi connectivity index (χ3n) is 6.18. The Balaban J connectivity index is 1.47. The van der Waals surface area contributed by atoms with Gasteiger partial charge in [-0.15, -0.1) is 11.3 Å². The first-order chi connectivity index (χ1) is 15.9. The van der Waals surface area contributed by atoms with E-state index < -0.39 is 18.1 Å². The molecule has 1 fully saturated rings. The number of carboxylic acids is 1. The van der Waals surface area contributed by atoms with Crippen LogP contribution in [0.1, 0.15) is 37.3 Å². The number of aliphatic carboxylic acids is 1. The third kappa shape index (κ3) is 3.99. The van der Waals surface area contributed by atoms with E-state index in [1.54, 1.807) is 23.1 Å². The molecule has 1 aliphatic rings. The number of hydrogen-bond donors (Lipinski definition) is 2. The molecule has 170 valence electrons. The van der Waals surface area contributed by atoms with Gasteiger partial charge in [-0.05, 0) is 47.7 Å². The summed E-state index contributed by atoms with van der Waals surface area (Å²) in [5, 5.41) is 16.1. The lowest BCUT2D eigenvalue weighted by molar-refractivity contribution is -0.145. The quantitative estimate of drug-likeness (QED) is 0.374. The lowest BCUT2D eigenvalue weighted by atomic mass is 9.78. The van der Waals surface area contributed by atoms with Crippen LogP contribution >= 0.6 is 27.3 Å². The fourth-order valence-corrected chi connectivity index (χ4v) is 5.60. The number of fused-ring (bicyclic) bond motifs is 1. The van der Waals surface area contributed by atoms with Gasteiger partial charge in [0.25, 0.3) is 0 Å². The number of carboxylic acid groups (broad SMARTS) is 1. The van der Waals surface area contributed by atoms with Gasteiger partial charge in [0, 0.05) is 40.7 Å². The molecule has 4 heterocycles. The summed E-state index contributed by atoms with van der Waals surface area (Å²) in [6.07, 6.45) is 5.68. The lowest BCUT2D eigenvalue weighted by Crippen LogP contribution is -2.28. The molecule has 1 atom stereocenters. The summed E-state index contributed by atoms with van der Waals surface area (Å²) in [5.41, 5.74) is 10.2. The Labute approximate surface area is 200 Å².